The van der Waals surface area contributed by atoms with Gasteiger partial charge < -0.3 is 10.2 Å². The van der Waals surface area contributed by atoms with Crippen LogP contribution in [0.5, 0.6) is 0 Å². The molecule has 116 valence electrons. The van der Waals surface area contributed by atoms with Crippen molar-refractivity contribution in [3.05, 3.63) is 53.7 Å². The van der Waals surface area contributed by atoms with Crippen molar-refractivity contribution in [2.75, 3.05) is 24.3 Å². The topological polar surface area (TPSA) is 45.2 Å². The van der Waals surface area contributed by atoms with Crippen LogP contribution in [0, 0.1) is 0 Å². The molecule has 0 saturated carbocycles. The minimum atomic E-state index is -0.125. The molecule has 1 N–H and O–H groups in total. The van der Waals surface area contributed by atoms with Gasteiger partial charge in [-0.15, -0.1) is 0 Å². The van der Waals surface area contributed by atoms with Gasteiger partial charge in [0.1, 0.15) is 5.82 Å². The first-order valence-electron chi connectivity index (χ1n) is 7.32. The Morgan fingerprint density at radius 1 is 1.05 bits per heavy atom. The second-order valence-electron chi connectivity index (χ2n) is 6.58. The van der Waals surface area contributed by atoms with Crippen LogP contribution in [0.3, 0.4) is 0 Å². The van der Waals surface area contributed by atoms with Crippen molar-refractivity contribution in [1.82, 2.24) is 4.98 Å². The Balaban J connectivity index is 2.09. The summed E-state index contributed by atoms with van der Waals surface area (Å²) in [5.41, 5.74) is 2.63. The fourth-order valence-corrected chi connectivity index (χ4v) is 2.05. The molecule has 0 bridgehead atoms. The maximum absolute atomic E-state index is 12.2. The highest BCUT2D eigenvalue weighted by Crippen LogP contribution is 2.22. The van der Waals surface area contributed by atoms with E-state index in [4.69, 9.17) is 0 Å². The number of nitrogens with one attached hydrogen (secondary N) is 1. The minimum Gasteiger partial charge on any atom is -0.363 e. The molecule has 0 aliphatic heterocycles. The molecule has 2 rings (SSSR count). The summed E-state index contributed by atoms with van der Waals surface area (Å²) in [6.45, 7) is 6.46. The van der Waals surface area contributed by atoms with Gasteiger partial charge in [0.05, 0.1) is 11.9 Å². The molecule has 4 nitrogen and oxygen atoms in total. The lowest BCUT2D eigenvalue weighted by molar-refractivity contribution is 0.102. The molecule has 0 spiro atoms. The van der Waals surface area contributed by atoms with Gasteiger partial charge in [0.15, 0.2) is 0 Å². The third-order valence-electron chi connectivity index (χ3n) is 3.48. The third kappa shape index (κ3) is 3.85. The third-order valence-corrected chi connectivity index (χ3v) is 3.48. The van der Waals surface area contributed by atoms with Gasteiger partial charge in [-0.2, -0.15) is 0 Å². The van der Waals surface area contributed by atoms with Crippen LogP contribution < -0.4 is 10.2 Å². The number of carbonyl (C=O) groups excluding carboxylic acids is 1. The number of hydrogen-bond acceptors (Lipinski definition) is 3. The molecule has 0 radical (unpaired) electrons. The van der Waals surface area contributed by atoms with E-state index in [-0.39, 0.29) is 11.3 Å². The Bertz CT molecular complexity index is 638. The molecule has 0 aliphatic carbocycles. The van der Waals surface area contributed by atoms with Gasteiger partial charge >= 0.3 is 0 Å². The van der Waals surface area contributed by atoms with Crippen molar-refractivity contribution in [2.45, 2.75) is 26.2 Å². The largest absolute Gasteiger partial charge is 0.363 e. The molecule has 2 aromatic rings. The number of nitrogens with zero attached hydrogens (tertiary/aromatic N) is 2. The zero-order valence-corrected chi connectivity index (χ0v) is 13.8. The first kappa shape index (κ1) is 16.0. The van der Waals surface area contributed by atoms with E-state index in [2.05, 4.69) is 31.1 Å². The van der Waals surface area contributed by atoms with E-state index in [0.717, 1.165) is 5.82 Å². The van der Waals surface area contributed by atoms with Crippen LogP contribution in [-0.4, -0.2) is 25.0 Å². The summed E-state index contributed by atoms with van der Waals surface area (Å²) in [4.78, 5) is 18.4. The Labute approximate surface area is 132 Å². The standard InChI is InChI=1S/C18H23N3O/c1-18(2,3)14-8-6-13(7-9-14)17(22)20-15-10-11-16(19-12-15)21(4)5/h6-12H,1-5H3,(H,20,22). The lowest BCUT2D eigenvalue weighted by atomic mass is 9.87. The Kier molecular flexibility index (Phi) is 4.50. The second kappa shape index (κ2) is 6.18. The average Bonchev–Trinajstić information content (AvgIpc) is 2.47. The molecule has 0 unspecified atom stereocenters. The summed E-state index contributed by atoms with van der Waals surface area (Å²) in [6.07, 6.45) is 1.66. The fraction of sp³-hybridized carbons (Fsp3) is 0.333. The second-order valence-corrected chi connectivity index (χ2v) is 6.58. The van der Waals surface area contributed by atoms with E-state index < -0.39 is 0 Å². The summed E-state index contributed by atoms with van der Waals surface area (Å²) < 4.78 is 0. The molecule has 0 saturated heterocycles. The predicted molar refractivity (Wildman–Crippen MR) is 91.7 cm³/mol. The number of pyridine rings is 1. The van der Waals surface area contributed by atoms with E-state index >= 15 is 0 Å². The molecule has 4 heteroatoms. The van der Waals surface area contributed by atoms with Crippen molar-refractivity contribution >= 4 is 17.4 Å². The first-order chi connectivity index (χ1) is 10.3. The molecule has 22 heavy (non-hydrogen) atoms. The fourth-order valence-electron chi connectivity index (χ4n) is 2.05. The Hall–Kier alpha value is -2.36. The smallest absolute Gasteiger partial charge is 0.255 e. The lowest BCUT2D eigenvalue weighted by Crippen LogP contribution is -2.15. The highest BCUT2D eigenvalue weighted by atomic mass is 16.1. The number of hydrogen-bond donors (Lipinski definition) is 1. The summed E-state index contributed by atoms with van der Waals surface area (Å²) in [7, 11) is 3.86. The molecular formula is C18H23N3O. The van der Waals surface area contributed by atoms with Crippen molar-refractivity contribution in [2.24, 2.45) is 0 Å². The van der Waals surface area contributed by atoms with Gasteiger partial charge in [-0.1, -0.05) is 32.9 Å². The van der Waals surface area contributed by atoms with Gasteiger partial charge in [-0.3, -0.25) is 4.79 Å². The van der Waals surface area contributed by atoms with Crippen LogP contribution in [0.2, 0.25) is 0 Å². The number of anilines is 2. The molecule has 0 atom stereocenters. The molecule has 1 aromatic carbocycles. The molecule has 1 amide bonds. The first-order valence-corrected chi connectivity index (χ1v) is 7.32. The van der Waals surface area contributed by atoms with Crippen LogP contribution in [-0.2, 0) is 5.41 Å². The van der Waals surface area contributed by atoms with Crippen molar-refractivity contribution in [1.29, 1.82) is 0 Å². The number of benzene rings is 1. The Morgan fingerprint density at radius 3 is 2.14 bits per heavy atom. The van der Waals surface area contributed by atoms with Gasteiger partial charge in [0.2, 0.25) is 0 Å². The maximum Gasteiger partial charge on any atom is 0.255 e. The molecule has 0 aliphatic rings. The number of carbonyl (C=O) groups is 1. The summed E-state index contributed by atoms with van der Waals surface area (Å²) in [5, 5.41) is 2.86. The van der Waals surface area contributed by atoms with E-state index in [1.165, 1.54) is 5.56 Å². The molecule has 1 aromatic heterocycles. The summed E-state index contributed by atoms with van der Waals surface area (Å²) >= 11 is 0. The van der Waals surface area contributed by atoms with Gasteiger partial charge in [0.25, 0.3) is 5.91 Å². The monoisotopic (exact) mass is 297 g/mol. The van der Waals surface area contributed by atoms with Gasteiger partial charge in [-0.25, -0.2) is 4.98 Å². The van der Waals surface area contributed by atoms with Crippen molar-refractivity contribution in [3.8, 4) is 0 Å². The SMILES string of the molecule is CN(C)c1ccc(NC(=O)c2ccc(C(C)(C)C)cc2)cn1. The summed E-state index contributed by atoms with van der Waals surface area (Å²) in [6, 6.07) is 11.4. The van der Waals surface area contributed by atoms with E-state index in [0.29, 0.717) is 11.3 Å². The van der Waals surface area contributed by atoms with Crippen molar-refractivity contribution in [3.63, 3.8) is 0 Å². The average molecular weight is 297 g/mol. The quantitative estimate of drug-likeness (QED) is 0.939. The zero-order valence-electron chi connectivity index (χ0n) is 13.8. The number of amides is 1. The van der Waals surface area contributed by atoms with Crippen molar-refractivity contribution < 1.29 is 4.79 Å². The van der Waals surface area contributed by atoms with Crippen LogP contribution >= 0.6 is 0 Å². The van der Waals surface area contributed by atoms with Gasteiger partial charge in [-0.05, 0) is 35.2 Å². The highest BCUT2D eigenvalue weighted by Gasteiger charge is 2.14. The minimum absolute atomic E-state index is 0.0843. The van der Waals surface area contributed by atoms with E-state index in [1.807, 2.05) is 55.4 Å². The molecule has 0 fully saturated rings. The van der Waals surface area contributed by atoms with E-state index in [9.17, 15) is 4.79 Å². The predicted octanol–water partition coefficient (Wildman–Crippen LogP) is 3.70. The van der Waals surface area contributed by atoms with Crippen LogP contribution in [0.25, 0.3) is 0 Å². The molecular weight excluding hydrogens is 274 g/mol. The normalized spacial score (nSPS) is 11.1. The molecule has 1 heterocycles. The summed E-state index contributed by atoms with van der Waals surface area (Å²) in [5.74, 6) is 0.729. The Morgan fingerprint density at radius 2 is 1.68 bits per heavy atom. The zero-order chi connectivity index (χ0) is 16.3. The lowest BCUT2D eigenvalue weighted by Gasteiger charge is -2.19. The van der Waals surface area contributed by atoms with E-state index in [1.54, 1.807) is 6.20 Å². The highest BCUT2D eigenvalue weighted by molar-refractivity contribution is 6.04. The number of aromatic nitrogens is 1. The van der Waals surface area contributed by atoms with Crippen LogP contribution in [0.4, 0.5) is 11.5 Å². The van der Waals surface area contributed by atoms with Crippen LogP contribution in [0.1, 0.15) is 36.7 Å². The maximum atomic E-state index is 12.2. The van der Waals surface area contributed by atoms with Gasteiger partial charge in [0, 0.05) is 19.7 Å². The number of rotatable bonds is 3. The van der Waals surface area contributed by atoms with Crippen LogP contribution in [0.15, 0.2) is 42.6 Å².